The lowest BCUT2D eigenvalue weighted by Crippen LogP contribution is -2.42. The minimum Gasteiger partial charge on any atom is -0.352 e. The minimum atomic E-state index is 0.226. The Morgan fingerprint density at radius 3 is 2.44 bits per heavy atom. The van der Waals surface area contributed by atoms with Gasteiger partial charge in [-0.3, -0.25) is 9.69 Å². The van der Waals surface area contributed by atoms with Crippen LogP contribution in [0, 0.1) is 5.92 Å². The Labute approximate surface area is 111 Å². The summed E-state index contributed by atoms with van der Waals surface area (Å²) in [7, 11) is 4.27. The molecule has 4 heteroatoms. The molecule has 1 amide bonds. The molecule has 0 aromatic carbocycles. The Morgan fingerprint density at radius 1 is 1.22 bits per heavy atom. The van der Waals surface area contributed by atoms with Gasteiger partial charge in [-0.15, -0.1) is 0 Å². The van der Waals surface area contributed by atoms with E-state index >= 15 is 0 Å². The molecule has 1 saturated carbocycles. The highest BCUT2D eigenvalue weighted by Gasteiger charge is 2.25. The van der Waals surface area contributed by atoms with E-state index in [2.05, 4.69) is 29.2 Å². The molecule has 0 unspecified atom stereocenters. The van der Waals surface area contributed by atoms with Gasteiger partial charge in [0.2, 0.25) is 5.91 Å². The molecule has 0 spiro atoms. The van der Waals surface area contributed by atoms with E-state index in [0.29, 0.717) is 12.6 Å². The number of nitrogens with one attached hydrogen (secondary N) is 1. The molecule has 2 rings (SSSR count). The third kappa shape index (κ3) is 4.94. The fraction of sp³-hybridized carbons (Fsp3) is 0.929. The molecule has 2 aliphatic rings. The van der Waals surface area contributed by atoms with E-state index in [4.69, 9.17) is 0 Å². The van der Waals surface area contributed by atoms with Crippen LogP contribution in [0.4, 0.5) is 0 Å². The number of nitrogens with zero attached hydrogens (tertiary/aromatic N) is 2. The molecule has 2 fully saturated rings. The van der Waals surface area contributed by atoms with Crippen molar-refractivity contribution in [2.45, 2.75) is 38.1 Å². The molecule has 1 heterocycles. The van der Waals surface area contributed by atoms with Crippen molar-refractivity contribution in [1.82, 2.24) is 15.1 Å². The lowest BCUT2D eigenvalue weighted by atomic mass is 9.93. The number of piperidine rings is 1. The first kappa shape index (κ1) is 13.8. The highest BCUT2D eigenvalue weighted by Crippen LogP contribution is 2.21. The maximum atomic E-state index is 11.7. The highest BCUT2D eigenvalue weighted by molar-refractivity contribution is 5.78. The largest absolute Gasteiger partial charge is 0.352 e. The van der Waals surface area contributed by atoms with Crippen LogP contribution in [0.5, 0.6) is 0 Å². The van der Waals surface area contributed by atoms with Crippen LogP contribution in [0.2, 0.25) is 0 Å². The number of carbonyl (C=O) groups excluding carboxylic acids is 1. The summed E-state index contributed by atoms with van der Waals surface area (Å²) in [6.45, 7) is 3.98. The van der Waals surface area contributed by atoms with E-state index in [1.807, 2.05) is 0 Å². The Bertz CT molecular complexity index is 268. The first-order chi connectivity index (χ1) is 8.63. The SMILES string of the molecule is CN(C)CCC1CCN(CC(=O)NC2CC2)CC1. The minimum absolute atomic E-state index is 0.226. The molecule has 0 bridgehead atoms. The van der Waals surface area contributed by atoms with Crippen molar-refractivity contribution < 1.29 is 4.79 Å². The maximum absolute atomic E-state index is 11.7. The van der Waals surface area contributed by atoms with Crippen LogP contribution in [0.25, 0.3) is 0 Å². The highest BCUT2D eigenvalue weighted by atomic mass is 16.2. The number of hydrogen-bond acceptors (Lipinski definition) is 3. The summed E-state index contributed by atoms with van der Waals surface area (Å²) >= 11 is 0. The second-order valence-corrected chi connectivity index (χ2v) is 6.15. The van der Waals surface area contributed by atoms with Gasteiger partial charge >= 0.3 is 0 Å². The van der Waals surface area contributed by atoms with Gasteiger partial charge in [0.05, 0.1) is 6.54 Å². The topological polar surface area (TPSA) is 35.6 Å². The smallest absolute Gasteiger partial charge is 0.234 e. The van der Waals surface area contributed by atoms with E-state index in [1.54, 1.807) is 0 Å². The van der Waals surface area contributed by atoms with Crippen LogP contribution in [0.3, 0.4) is 0 Å². The summed E-state index contributed by atoms with van der Waals surface area (Å²) in [5, 5.41) is 3.07. The van der Waals surface area contributed by atoms with Crippen molar-refractivity contribution >= 4 is 5.91 Å². The van der Waals surface area contributed by atoms with E-state index in [0.717, 1.165) is 19.0 Å². The molecule has 4 nitrogen and oxygen atoms in total. The third-order valence-electron chi connectivity index (χ3n) is 4.00. The van der Waals surface area contributed by atoms with Crippen LogP contribution in [0.1, 0.15) is 32.1 Å². The van der Waals surface area contributed by atoms with Crippen LogP contribution in [0.15, 0.2) is 0 Å². The Balaban J connectivity index is 1.58. The molecule has 1 aliphatic heterocycles. The molecule has 1 N–H and O–H groups in total. The lowest BCUT2D eigenvalue weighted by molar-refractivity contribution is -0.122. The third-order valence-corrected chi connectivity index (χ3v) is 4.00. The molecular formula is C14H27N3O. The fourth-order valence-electron chi connectivity index (χ4n) is 2.58. The van der Waals surface area contributed by atoms with Gasteiger partial charge < -0.3 is 10.2 Å². The Hall–Kier alpha value is -0.610. The fourth-order valence-corrected chi connectivity index (χ4v) is 2.58. The average Bonchev–Trinajstić information content (AvgIpc) is 3.12. The van der Waals surface area contributed by atoms with Gasteiger partial charge in [0.1, 0.15) is 0 Å². The molecule has 104 valence electrons. The van der Waals surface area contributed by atoms with E-state index in [9.17, 15) is 4.79 Å². The van der Waals surface area contributed by atoms with E-state index < -0.39 is 0 Å². The number of amides is 1. The van der Waals surface area contributed by atoms with Crippen molar-refractivity contribution in [2.24, 2.45) is 5.92 Å². The van der Waals surface area contributed by atoms with Crippen molar-refractivity contribution in [3.63, 3.8) is 0 Å². The zero-order valence-corrected chi connectivity index (χ0v) is 11.8. The summed E-state index contributed by atoms with van der Waals surface area (Å²) in [5.74, 6) is 1.08. The monoisotopic (exact) mass is 253 g/mol. The van der Waals surface area contributed by atoms with Crippen molar-refractivity contribution in [2.75, 3.05) is 40.3 Å². The second kappa shape index (κ2) is 6.53. The van der Waals surface area contributed by atoms with Crippen molar-refractivity contribution in [1.29, 1.82) is 0 Å². The second-order valence-electron chi connectivity index (χ2n) is 6.15. The van der Waals surface area contributed by atoms with Gasteiger partial charge in [-0.1, -0.05) is 0 Å². The summed E-state index contributed by atoms with van der Waals surface area (Å²) in [5.41, 5.74) is 0. The first-order valence-electron chi connectivity index (χ1n) is 7.30. The number of hydrogen-bond donors (Lipinski definition) is 1. The summed E-state index contributed by atoms with van der Waals surface area (Å²) in [6.07, 6.45) is 6.17. The lowest BCUT2D eigenvalue weighted by Gasteiger charge is -2.31. The maximum Gasteiger partial charge on any atom is 0.234 e. The summed E-state index contributed by atoms with van der Waals surface area (Å²) in [6, 6.07) is 0.495. The average molecular weight is 253 g/mol. The van der Waals surface area contributed by atoms with Crippen LogP contribution < -0.4 is 5.32 Å². The van der Waals surface area contributed by atoms with E-state index in [1.165, 1.54) is 38.6 Å². The molecule has 0 atom stereocenters. The molecule has 1 saturated heterocycles. The predicted octanol–water partition coefficient (Wildman–Crippen LogP) is 0.929. The van der Waals surface area contributed by atoms with E-state index in [-0.39, 0.29) is 5.91 Å². The quantitative estimate of drug-likeness (QED) is 0.765. The summed E-state index contributed by atoms with van der Waals surface area (Å²) in [4.78, 5) is 16.3. The van der Waals surface area contributed by atoms with Gasteiger partial charge in [0.25, 0.3) is 0 Å². The summed E-state index contributed by atoms with van der Waals surface area (Å²) < 4.78 is 0. The standard InChI is InChI=1S/C14H27N3O/c1-16(2)8-5-12-6-9-17(10-7-12)11-14(18)15-13-3-4-13/h12-13H,3-11H2,1-2H3,(H,15,18). The Morgan fingerprint density at radius 2 is 1.89 bits per heavy atom. The van der Waals surface area contributed by atoms with Gasteiger partial charge in [0, 0.05) is 6.04 Å². The molecule has 0 aromatic rings. The van der Waals surface area contributed by atoms with Crippen LogP contribution in [-0.2, 0) is 4.79 Å². The first-order valence-corrected chi connectivity index (χ1v) is 7.30. The van der Waals surface area contributed by atoms with Gasteiger partial charge in [-0.2, -0.15) is 0 Å². The zero-order chi connectivity index (χ0) is 13.0. The normalized spacial score (nSPS) is 22.4. The zero-order valence-electron chi connectivity index (χ0n) is 11.8. The van der Waals surface area contributed by atoms with Gasteiger partial charge in [0.15, 0.2) is 0 Å². The van der Waals surface area contributed by atoms with Gasteiger partial charge in [-0.05, 0) is 71.8 Å². The number of likely N-dealkylation sites (tertiary alicyclic amines) is 1. The molecule has 0 radical (unpaired) electrons. The number of rotatable bonds is 6. The number of carbonyl (C=O) groups is 1. The van der Waals surface area contributed by atoms with Crippen molar-refractivity contribution in [3.8, 4) is 0 Å². The molecular weight excluding hydrogens is 226 g/mol. The van der Waals surface area contributed by atoms with Crippen molar-refractivity contribution in [3.05, 3.63) is 0 Å². The predicted molar refractivity (Wildman–Crippen MR) is 73.5 cm³/mol. The van der Waals surface area contributed by atoms with Crippen LogP contribution >= 0.6 is 0 Å². The molecule has 18 heavy (non-hydrogen) atoms. The van der Waals surface area contributed by atoms with Gasteiger partial charge in [-0.25, -0.2) is 0 Å². The van der Waals surface area contributed by atoms with Crippen LogP contribution in [-0.4, -0.2) is 62.0 Å². The Kier molecular flexibility index (Phi) is 5.01. The molecule has 1 aliphatic carbocycles. The molecule has 0 aromatic heterocycles.